The van der Waals surface area contributed by atoms with Crippen LogP contribution in [0.25, 0.3) is 0 Å². The van der Waals surface area contributed by atoms with Gasteiger partial charge in [-0.2, -0.15) is 0 Å². The molecule has 0 saturated heterocycles. The molecule has 2 aromatic carbocycles. The summed E-state index contributed by atoms with van der Waals surface area (Å²) in [6, 6.07) is 16.2. The molecule has 188 valence electrons. The first-order valence-corrected chi connectivity index (χ1v) is 13.4. The molecule has 0 spiro atoms. The zero-order chi connectivity index (χ0) is 25.3. The number of hydrogen-bond acceptors (Lipinski definition) is 8. The normalized spacial score (nSPS) is 12.8. The molecule has 0 unspecified atom stereocenters. The standard InChI is InChI=1S/C24H30N4O5S2.Na/c1-3-19-16-34-23(26-19)22(14-18-9-11-20(12-10-18)28-35(30,31)32)25-15-21(27-24(29)33-2)13-17-7-5-4-6-8-17;/h4-12,16,21-22,25,28H,3,13-15H2,1-2H3,(H,27,29)(H,30,31,32);/q;+1/p-1/t21-,22-;/m0./s1. The van der Waals surface area contributed by atoms with Gasteiger partial charge in [0.15, 0.2) is 10.3 Å². The summed E-state index contributed by atoms with van der Waals surface area (Å²) in [6.07, 6.45) is 1.53. The van der Waals surface area contributed by atoms with Crippen molar-refractivity contribution in [1.82, 2.24) is 15.6 Å². The Morgan fingerprint density at radius 3 is 2.33 bits per heavy atom. The number of aromatic nitrogens is 1. The van der Waals surface area contributed by atoms with Crippen LogP contribution in [0.3, 0.4) is 0 Å². The van der Waals surface area contributed by atoms with Gasteiger partial charge in [0.05, 0.1) is 18.8 Å². The largest absolute Gasteiger partial charge is 1.00 e. The van der Waals surface area contributed by atoms with Gasteiger partial charge in [0.1, 0.15) is 5.01 Å². The van der Waals surface area contributed by atoms with Crippen molar-refractivity contribution in [2.45, 2.75) is 38.3 Å². The van der Waals surface area contributed by atoms with Crippen LogP contribution < -0.4 is 44.9 Å². The van der Waals surface area contributed by atoms with E-state index in [0.29, 0.717) is 19.4 Å². The number of carbonyl (C=O) groups excluding carboxylic acids is 1. The van der Waals surface area contributed by atoms with Crippen molar-refractivity contribution in [2.75, 3.05) is 18.4 Å². The maximum absolute atomic E-state index is 11.9. The minimum absolute atomic E-state index is 0. The number of rotatable bonds is 12. The van der Waals surface area contributed by atoms with Crippen LogP contribution in [0.5, 0.6) is 0 Å². The van der Waals surface area contributed by atoms with Crippen molar-refractivity contribution in [2.24, 2.45) is 0 Å². The van der Waals surface area contributed by atoms with E-state index in [2.05, 4.69) is 10.6 Å². The van der Waals surface area contributed by atoms with Crippen LogP contribution >= 0.6 is 11.3 Å². The van der Waals surface area contributed by atoms with E-state index in [1.165, 1.54) is 7.11 Å². The van der Waals surface area contributed by atoms with Crippen LogP contribution in [-0.2, 0) is 34.3 Å². The van der Waals surface area contributed by atoms with Gasteiger partial charge >= 0.3 is 35.7 Å². The molecule has 36 heavy (non-hydrogen) atoms. The number of aryl methyl sites for hydroxylation is 1. The SMILES string of the molecule is CCc1csc([C@H](Cc2ccc(NS(=O)(=O)[O-])cc2)NC[C@H](Cc2ccccc2)NC(=O)OC)n1.[Na+]. The van der Waals surface area contributed by atoms with Crippen LogP contribution in [0.1, 0.15) is 34.8 Å². The van der Waals surface area contributed by atoms with Gasteiger partial charge in [-0.1, -0.05) is 49.4 Å². The number of alkyl carbamates (subject to hydrolysis) is 1. The molecule has 0 saturated carbocycles. The van der Waals surface area contributed by atoms with Gasteiger partial charge in [-0.25, -0.2) is 18.2 Å². The molecule has 0 bridgehead atoms. The Labute approximate surface area is 238 Å². The van der Waals surface area contributed by atoms with Gasteiger partial charge in [-0.3, -0.25) is 4.72 Å². The van der Waals surface area contributed by atoms with E-state index >= 15 is 0 Å². The first-order valence-electron chi connectivity index (χ1n) is 11.1. The fourth-order valence-corrected chi connectivity index (χ4v) is 4.97. The molecular formula is C24H29N4NaO5S2. The van der Waals surface area contributed by atoms with Gasteiger partial charge in [0.25, 0.3) is 0 Å². The van der Waals surface area contributed by atoms with Crippen molar-refractivity contribution in [3.05, 3.63) is 81.8 Å². The van der Waals surface area contributed by atoms with E-state index in [-0.39, 0.29) is 47.3 Å². The number of carbonyl (C=O) groups is 1. The van der Waals surface area contributed by atoms with E-state index in [1.807, 2.05) is 47.4 Å². The number of amides is 1. The minimum Gasteiger partial charge on any atom is -0.731 e. The fraction of sp³-hybridized carbons (Fsp3) is 0.333. The van der Waals surface area contributed by atoms with E-state index in [1.54, 1.807) is 35.6 Å². The first kappa shape index (κ1) is 30.2. The Morgan fingerprint density at radius 2 is 1.75 bits per heavy atom. The molecule has 9 nitrogen and oxygen atoms in total. The van der Waals surface area contributed by atoms with E-state index in [9.17, 15) is 17.8 Å². The number of thiazole rings is 1. The molecule has 0 aliphatic rings. The molecule has 3 N–H and O–H groups in total. The Bertz CT molecular complexity index is 1190. The number of hydrogen-bond donors (Lipinski definition) is 3. The van der Waals surface area contributed by atoms with Gasteiger partial charge in [0, 0.05) is 23.7 Å². The number of methoxy groups -OCH3 is 1. The Morgan fingerprint density at radius 1 is 1.08 bits per heavy atom. The van der Waals surface area contributed by atoms with Gasteiger partial charge in [-0.15, -0.1) is 11.3 Å². The van der Waals surface area contributed by atoms with Crippen molar-refractivity contribution < 1.29 is 52.1 Å². The summed E-state index contributed by atoms with van der Waals surface area (Å²) in [4.78, 5) is 16.7. The maximum Gasteiger partial charge on any atom is 1.00 e. The molecule has 3 aromatic rings. The predicted molar refractivity (Wildman–Crippen MR) is 135 cm³/mol. The third-order valence-corrected chi connectivity index (χ3v) is 6.80. The summed E-state index contributed by atoms with van der Waals surface area (Å²) in [6.45, 7) is 2.52. The predicted octanol–water partition coefficient (Wildman–Crippen LogP) is 0.422. The van der Waals surface area contributed by atoms with Crippen LogP contribution in [0.15, 0.2) is 60.0 Å². The van der Waals surface area contributed by atoms with Crippen molar-refractivity contribution in [1.29, 1.82) is 0 Å². The zero-order valence-corrected chi connectivity index (χ0v) is 24.2. The third kappa shape index (κ3) is 10.2. The third-order valence-electron chi connectivity index (χ3n) is 5.31. The minimum atomic E-state index is -4.58. The molecule has 0 radical (unpaired) electrons. The molecular weight excluding hydrogens is 511 g/mol. The second-order valence-corrected chi connectivity index (χ2v) is 9.97. The second kappa shape index (κ2) is 14.7. The summed E-state index contributed by atoms with van der Waals surface area (Å²) >= 11 is 1.57. The molecule has 0 aliphatic carbocycles. The number of anilines is 1. The van der Waals surface area contributed by atoms with Crippen LogP contribution in [-0.4, -0.2) is 43.7 Å². The number of benzene rings is 2. The molecule has 0 fully saturated rings. The fourth-order valence-electron chi connectivity index (χ4n) is 3.56. The average Bonchev–Trinajstić information content (AvgIpc) is 3.31. The van der Waals surface area contributed by atoms with E-state index < -0.39 is 16.4 Å². The summed E-state index contributed by atoms with van der Waals surface area (Å²) < 4.78 is 39.5. The van der Waals surface area contributed by atoms with Gasteiger partial charge < -0.3 is 19.9 Å². The number of ether oxygens (including phenoxy) is 1. The van der Waals surface area contributed by atoms with Crippen LogP contribution in [0.2, 0.25) is 0 Å². The molecule has 1 heterocycles. The second-order valence-electron chi connectivity index (χ2n) is 7.97. The van der Waals surface area contributed by atoms with Gasteiger partial charge in [-0.05, 0) is 42.5 Å². The van der Waals surface area contributed by atoms with Crippen molar-refractivity contribution >= 4 is 33.4 Å². The summed E-state index contributed by atoms with van der Waals surface area (Å²) in [5.41, 5.74) is 3.24. The van der Waals surface area contributed by atoms with Crippen LogP contribution in [0, 0.1) is 0 Å². The Kier molecular flexibility index (Phi) is 12.3. The van der Waals surface area contributed by atoms with E-state index in [4.69, 9.17) is 9.72 Å². The summed E-state index contributed by atoms with van der Waals surface area (Å²) in [5.74, 6) is 0. The van der Waals surface area contributed by atoms with Crippen LogP contribution in [0.4, 0.5) is 10.5 Å². The van der Waals surface area contributed by atoms with Crippen molar-refractivity contribution in [3.8, 4) is 0 Å². The Balaban J connectivity index is 0.00000456. The summed E-state index contributed by atoms with van der Waals surface area (Å²) in [7, 11) is -3.24. The molecule has 1 aromatic heterocycles. The van der Waals surface area contributed by atoms with Gasteiger partial charge in [0.2, 0.25) is 0 Å². The Hall–Kier alpha value is -1.99. The smallest absolute Gasteiger partial charge is 0.731 e. The summed E-state index contributed by atoms with van der Waals surface area (Å²) in [5, 5.41) is 9.39. The number of nitrogens with zero attached hydrogens (tertiary/aromatic N) is 1. The topological polar surface area (TPSA) is 132 Å². The van der Waals surface area contributed by atoms with Crippen molar-refractivity contribution in [3.63, 3.8) is 0 Å². The monoisotopic (exact) mass is 540 g/mol. The number of nitrogens with one attached hydrogen (secondary N) is 3. The molecule has 1 amide bonds. The molecule has 2 atom stereocenters. The van der Waals surface area contributed by atoms with E-state index in [0.717, 1.165) is 28.2 Å². The molecule has 12 heteroatoms. The maximum atomic E-state index is 11.9. The average molecular weight is 541 g/mol. The molecule has 0 aliphatic heterocycles. The first-order chi connectivity index (χ1) is 16.8. The quantitative estimate of drug-likeness (QED) is 0.224. The molecule has 3 rings (SSSR count). The zero-order valence-electron chi connectivity index (χ0n) is 20.6.